The first-order chi connectivity index (χ1) is 23.8. The number of esters is 1. The zero-order valence-corrected chi connectivity index (χ0v) is 33.0. The molecule has 1 saturated heterocycles. The molecule has 1 aliphatic heterocycles. The van der Waals surface area contributed by atoms with E-state index >= 15 is 0 Å². The van der Waals surface area contributed by atoms with Gasteiger partial charge in [0.2, 0.25) is 11.9 Å². The lowest BCUT2D eigenvalue weighted by atomic mass is 9.34. The molecule has 1 unspecified atom stereocenters. The Morgan fingerprint density at radius 2 is 1.80 bits per heavy atom. The molecule has 13 atom stereocenters. The highest BCUT2D eigenvalue weighted by atomic mass is 16.6. The summed E-state index contributed by atoms with van der Waals surface area (Å²) in [6, 6.07) is -0.108. The van der Waals surface area contributed by atoms with Crippen molar-refractivity contribution in [3.63, 3.8) is 0 Å². The number of anilines is 2. The van der Waals surface area contributed by atoms with E-state index in [0.29, 0.717) is 31.5 Å². The predicted molar refractivity (Wildman–Crippen MR) is 197 cm³/mol. The van der Waals surface area contributed by atoms with Crippen LogP contribution in [0.2, 0.25) is 0 Å². The molecule has 286 valence electrons. The molecular formula is C40H65N5O6. The SMILES string of the molecule is CC(=O)O[C@@H]1C[C@]23C4=CC[C@@]5(C)[C@H](C(=O)O)[C@@](C)([C@H](C)C(C)C)CC[C@]5(C)[C@H]4CC[C@H]2[C@](C)(CO[C@H]3C)[C@H]1OCC(Nc1n[nH]c(N)n1)C(C)C. The summed E-state index contributed by atoms with van der Waals surface area (Å²) in [4.78, 5) is 30.5. The maximum atomic E-state index is 13.5. The van der Waals surface area contributed by atoms with Crippen LogP contribution in [0.5, 0.6) is 0 Å². The number of carboxylic acids is 1. The lowest BCUT2D eigenvalue weighted by Crippen LogP contribution is -2.72. The van der Waals surface area contributed by atoms with Crippen LogP contribution in [-0.2, 0) is 23.8 Å². The number of nitrogen functional groups attached to an aromatic ring is 1. The fourth-order valence-electron chi connectivity index (χ4n) is 12.6. The van der Waals surface area contributed by atoms with Crippen LogP contribution in [0.15, 0.2) is 11.6 Å². The zero-order chi connectivity index (χ0) is 37.5. The van der Waals surface area contributed by atoms with Crippen LogP contribution in [0.3, 0.4) is 0 Å². The monoisotopic (exact) mass is 711 g/mol. The molecule has 3 saturated carbocycles. The molecule has 0 radical (unpaired) electrons. The number of carbonyl (C=O) groups is 2. The number of aliphatic carboxylic acids is 1. The molecular weight excluding hydrogens is 646 g/mol. The summed E-state index contributed by atoms with van der Waals surface area (Å²) >= 11 is 0. The second-order valence-corrected chi connectivity index (χ2v) is 18.8. The van der Waals surface area contributed by atoms with E-state index in [9.17, 15) is 14.7 Å². The Hall–Kier alpha value is -2.66. The highest BCUT2D eigenvalue weighted by molar-refractivity contribution is 5.73. The summed E-state index contributed by atoms with van der Waals surface area (Å²) in [5.74, 6) is 0.602. The summed E-state index contributed by atoms with van der Waals surface area (Å²) in [5, 5.41) is 21.3. The minimum Gasteiger partial charge on any atom is -0.481 e. The lowest BCUT2D eigenvalue weighted by Gasteiger charge is -2.72. The van der Waals surface area contributed by atoms with E-state index in [2.05, 4.69) is 95.8 Å². The lowest BCUT2D eigenvalue weighted by molar-refractivity contribution is -0.286. The molecule has 4 fully saturated rings. The summed E-state index contributed by atoms with van der Waals surface area (Å²) in [7, 11) is 0. The van der Waals surface area contributed by atoms with E-state index in [1.54, 1.807) is 0 Å². The molecule has 11 heteroatoms. The number of rotatable bonds is 10. The van der Waals surface area contributed by atoms with Crippen LogP contribution in [0.4, 0.5) is 11.9 Å². The third-order valence-electron chi connectivity index (χ3n) is 16.0. The van der Waals surface area contributed by atoms with E-state index in [-0.39, 0.29) is 70.1 Å². The Bertz CT molecular complexity index is 1530. The Labute approximate surface area is 305 Å². The van der Waals surface area contributed by atoms with Crippen LogP contribution >= 0.6 is 0 Å². The number of carboxylic acid groups (broad SMARTS) is 1. The normalized spacial score (nSPS) is 43.0. The smallest absolute Gasteiger partial charge is 0.307 e. The van der Waals surface area contributed by atoms with Gasteiger partial charge >= 0.3 is 11.9 Å². The van der Waals surface area contributed by atoms with Crippen molar-refractivity contribution < 1.29 is 28.9 Å². The Balaban J connectivity index is 1.38. The van der Waals surface area contributed by atoms with Crippen molar-refractivity contribution in [2.24, 2.45) is 62.6 Å². The first-order valence-electron chi connectivity index (χ1n) is 19.5. The molecule has 5 N–H and O–H groups in total. The molecule has 11 nitrogen and oxygen atoms in total. The van der Waals surface area contributed by atoms with Gasteiger partial charge in [0.15, 0.2) is 0 Å². The fraction of sp³-hybridized carbons (Fsp3) is 0.850. The van der Waals surface area contributed by atoms with E-state index in [0.717, 1.165) is 32.1 Å². The van der Waals surface area contributed by atoms with Gasteiger partial charge in [-0.1, -0.05) is 74.0 Å². The quantitative estimate of drug-likeness (QED) is 0.145. The molecule has 1 aromatic rings. The standard InChI is InChI=1S/C40H65N5O6/c1-21(2)23(5)36(8)16-17-38(10)26-12-13-30-37(9)20-50-24(6)40(30,27(26)14-15-39(38,11)31(36)33(47)48)18-29(51-25(7)46)32(37)49-19-28(22(3)4)42-35-43-34(41)44-45-35/h14,21-24,26,28-32H,12-13,15-20H2,1-11H3,(H,47,48)(H4,41,42,43,44,45)/t23-,24+,26+,28?,29-,30+,31-,32+,36-,37+,38-,39+,40+/m1/s1. The average molecular weight is 712 g/mol. The molecule has 51 heavy (non-hydrogen) atoms. The molecule has 4 aliphatic carbocycles. The third-order valence-corrected chi connectivity index (χ3v) is 16.0. The molecule has 0 amide bonds. The second-order valence-electron chi connectivity index (χ2n) is 18.8. The number of aromatic nitrogens is 3. The zero-order valence-electron chi connectivity index (χ0n) is 33.0. The molecule has 5 aliphatic rings. The third kappa shape index (κ3) is 5.64. The largest absolute Gasteiger partial charge is 0.481 e. The summed E-state index contributed by atoms with van der Waals surface area (Å²) < 4.78 is 20.0. The van der Waals surface area contributed by atoms with Crippen LogP contribution < -0.4 is 11.1 Å². The minimum absolute atomic E-state index is 0.0806. The molecule has 0 spiro atoms. The number of nitrogens with two attached hydrogens (primary N) is 1. The molecule has 1 aromatic heterocycles. The summed E-state index contributed by atoms with van der Waals surface area (Å²) in [6.45, 7) is 24.8. The van der Waals surface area contributed by atoms with Gasteiger partial charge in [-0.05, 0) is 91.3 Å². The highest BCUT2D eigenvalue weighted by Crippen LogP contribution is 2.75. The minimum atomic E-state index is -0.655. The van der Waals surface area contributed by atoms with Crippen molar-refractivity contribution in [2.75, 3.05) is 24.3 Å². The van der Waals surface area contributed by atoms with Gasteiger partial charge in [-0.3, -0.25) is 9.59 Å². The van der Waals surface area contributed by atoms with Crippen molar-refractivity contribution in [1.29, 1.82) is 0 Å². The Morgan fingerprint density at radius 3 is 2.39 bits per heavy atom. The fourth-order valence-corrected chi connectivity index (χ4v) is 12.6. The van der Waals surface area contributed by atoms with Gasteiger partial charge in [-0.15, -0.1) is 5.10 Å². The number of H-pyrrole nitrogens is 1. The predicted octanol–water partition coefficient (Wildman–Crippen LogP) is 7.12. The number of carbonyl (C=O) groups excluding carboxylic acids is 1. The number of allylic oxidation sites excluding steroid dienone is 1. The van der Waals surface area contributed by atoms with Crippen LogP contribution in [0.1, 0.15) is 115 Å². The summed E-state index contributed by atoms with van der Waals surface area (Å²) in [5.41, 5.74) is 5.53. The van der Waals surface area contributed by atoms with E-state index in [1.165, 1.54) is 12.5 Å². The number of hydrogen-bond donors (Lipinski definition) is 4. The van der Waals surface area contributed by atoms with Gasteiger partial charge in [0.25, 0.3) is 0 Å². The average Bonchev–Trinajstić information content (AvgIpc) is 3.46. The molecule has 2 bridgehead atoms. The van der Waals surface area contributed by atoms with Crippen LogP contribution in [-0.4, -0.2) is 69.8 Å². The Kier molecular flexibility index (Phi) is 9.73. The van der Waals surface area contributed by atoms with Gasteiger partial charge in [-0.2, -0.15) is 4.98 Å². The topological polar surface area (TPSA) is 162 Å². The van der Waals surface area contributed by atoms with Gasteiger partial charge in [0.05, 0.1) is 31.3 Å². The first kappa shape index (κ1) is 38.1. The number of nitrogens with zero attached hydrogens (tertiary/aromatic N) is 2. The number of nitrogens with one attached hydrogen (secondary N) is 2. The maximum Gasteiger partial charge on any atom is 0.307 e. The van der Waals surface area contributed by atoms with Crippen LogP contribution in [0.25, 0.3) is 0 Å². The molecule has 0 aromatic carbocycles. The maximum absolute atomic E-state index is 13.5. The van der Waals surface area contributed by atoms with Gasteiger partial charge in [0, 0.05) is 17.8 Å². The molecule has 6 rings (SSSR count). The van der Waals surface area contributed by atoms with Gasteiger partial charge < -0.3 is 30.4 Å². The number of ether oxygens (including phenoxy) is 3. The number of aromatic amines is 1. The first-order valence-corrected chi connectivity index (χ1v) is 19.5. The highest BCUT2D eigenvalue weighted by Gasteiger charge is 2.73. The van der Waals surface area contributed by atoms with Gasteiger partial charge in [0.1, 0.15) is 12.2 Å². The van der Waals surface area contributed by atoms with E-state index in [1.807, 2.05) is 0 Å². The van der Waals surface area contributed by atoms with Gasteiger partial charge in [-0.25, -0.2) is 5.10 Å². The van der Waals surface area contributed by atoms with Crippen molar-refractivity contribution in [3.05, 3.63) is 11.6 Å². The van der Waals surface area contributed by atoms with Crippen molar-refractivity contribution in [1.82, 2.24) is 15.2 Å². The second kappa shape index (κ2) is 13.0. The summed E-state index contributed by atoms with van der Waals surface area (Å²) in [6.07, 6.45) is 6.75. The Morgan fingerprint density at radius 1 is 1.10 bits per heavy atom. The van der Waals surface area contributed by atoms with Crippen molar-refractivity contribution in [2.45, 2.75) is 139 Å². The number of hydrogen-bond acceptors (Lipinski definition) is 9. The van der Waals surface area contributed by atoms with Crippen LogP contribution in [0, 0.1) is 62.6 Å². The van der Waals surface area contributed by atoms with Crippen molar-refractivity contribution in [3.8, 4) is 0 Å². The van der Waals surface area contributed by atoms with E-state index < -0.39 is 28.8 Å². The molecule has 2 heterocycles. The van der Waals surface area contributed by atoms with E-state index in [4.69, 9.17) is 19.9 Å². The van der Waals surface area contributed by atoms with Crippen molar-refractivity contribution >= 4 is 23.8 Å². The number of fused-ring (bicyclic) bond motifs is 3.